The summed E-state index contributed by atoms with van der Waals surface area (Å²) in [6.45, 7) is 8.39. The van der Waals surface area contributed by atoms with Gasteiger partial charge in [0.15, 0.2) is 0 Å². The lowest BCUT2D eigenvalue weighted by Crippen LogP contribution is -2.53. The third-order valence-electron chi connectivity index (χ3n) is 2.98. The molecule has 2 aliphatic heterocycles. The number of nitrogens with zero attached hydrogens (tertiary/aromatic N) is 1. The fourth-order valence-electron chi connectivity index (χ4n) is 2.16. The van der Waals surface area contributed by atoms with Crippen molar-refractivity contribution in [2.24, 2.45) is 0 Å². The molecule has 0 N–H and O–H groups in total. The Hall–Kier alpha value is -0.120. The van der Waals surface area contributed by atoms with E-state index in [0.29, 0.717) is 12.2 Å². The van der Waals surface area contributed by atoms with Gasteiger partial charge in [0.1, 0.15) is 0 Å². The van der Waals surface area contributed by atoms with E-state index in [1.165, 1.54) is 0 Å². The summed E-state index contributed by atoms with van der Waals surface area (Å²) in [5.74, 6) is 0. The number of hydrogen-bond donors (Lipinski definition) is 0. The molecule has 0 aromatic rings. The van der Waals surface area contributed by atoms with Crippen molar-refractivity contribution in [3.63, 3.8) is 0 Å². The summed E-state index contributed by atoms with van der Waals surface area (Å²) in [6.07, 6.45) is 2.08. The summed E-state index contributed by atoms with van der Waals surface area (Å²) in [7, 11) is 0. The SMILES string of the molecule is CCN1CCC2OCC(C)OC2C1. The van der Waals surface area contributed by atoms with Crippen LogP contribution in [0.3, 0.4) is 0 Å². The van der Waals surface area contributed by atoms with Gasteiger partial charge in [0.25, 0.3) is 0 Å². The minimum Gasteiger partial charge on any atom is -0.373 e. The molecule has 0 bridgehead atoms. The fourth-order valence-corrected chi connectivity index (χ4v) is 2.16. The monoisotopic (exact) mass is 185 g/mol. The molecular formula is C10H19NO2. The van der Waals surface area contributed by atoms with Crippen LogP contribution in [0.4, 0.5) is 0 Å². The third-order valence-corrected chi connectivity index (χ3v) is 2.98. The maximum Gasteiger partial charge on any atom is 0.0968 e. The number of likely N-dealkylation sites (N-methyl/N-ethyl adjacent to an activating group) is 1. The average Bonchev–Trinajstić information content (AvgIpc) is 2.16. The predicted molar refractivity (Wildman–Crippen MR) is 50.8 cm³/mol. The zero-order valence-electron chi connectivity index (χ0n) is 8.53. The molecule has 3 heteroatoms. The van der Waals surface area contributed by atoms with Gasteiger partial charge in [-0.25, -0.2) is 0 Å². The first-order chi connectivity index (χ1) is 6.29. The lowest BCUT2D eigenvalue weighted by molar-refractivity contribution is -0.194. The van der Waals surface area contributed by atoms with Crippen molar-refractivity contribution in [2.45, 2.75) is 38.6 Å². The van der Waals surface area contributed by atoms with E-state index in [2.05, 4.69) is 18.7 Å². The summed E-state index contributed by atoms with van der Waals surface area (Å²) in [5.41, 5.74) is 0. The first kappa shape index (κ1) is 9.44. The first-order valence-corrected chi connectivity index (χ1v) is 5.29. The Bertz CT molecular complexity index is 174. The maximum atomic E-state index is 5.86. The van der Waals surface area contributed by atoms with Gasteiger partial charge in [0.05, 0.1) is 24.9 Å². The molecule has 76 valence electrons. The highest BCUT2D eigenvalue weighted by Crippen LogP contribution is 2.22. The van der Waals surface area contributed by atoms with Crippen LogP contribution in [0.15, 0.2) is 0 Å². The topological polar surface area (TPSA) is 21.7 Å². The molecule has 0 radical (unpaired) electrons. The lowest BCUT2D eigenvalue weighted by Gasteiger charge is -2.42. The second kappa shape index (κ2) is 3.95. The van der Waals surface area contributed by atoms with Gasteiger partial charge in [0, 0.05) is 13.1 Å². The predicted octanol–water partition coefficient (Wildman–Crippen LogP) is 0.884. The molecule has 2 heterocycles. The Morgan fingerprint density at radius 3 is 3.00 bits per heavy atom. The molecule has 2 fully saturated rings. The molecule has 0 aliphatic carbocycles. The van der Waals surface area contributed by atoms with Gasteiger partial charge in [-0.15, -0.1) is 0 Å². The molecule has 2 aliphatic rings. The molecule has 2 rings (SSSR count). The summed E-state index contributed by atoms with van der Waals surface area (Å²) in [5, 5.41) is 0. The summed E-state index contributed by atoms with van der Waals surface area (Å²) in [4.78, 5) is 2.43. The number of piperidine rings is 1. The molecule has 0 saturated carbocycles. The van der Waals surface area contributed by atoms with E-state index in [9.17, 15) is 0 Å². The van der Waals surface area contributed by atoms with E-state index in [0.717, 1.165) is 32.7 Å². The average molecular weight is 185 g/mol. The van der Waals surface area contributed by atoms with E-state index in [1.54, 1.807) is 0 Å². The van der Waals surface area contributed by atoms with Crippen molar-refractivity contribution in [2.75, 3.05) is 26.2 Å². The normalized spacial score (nSPS) is 41.5. The van der Waals surface area contributed by atoms with Gasteiger partial charge in [0.2, 0.25) is 0 Å². The van der Waals surface area contributed by atoms with Crippen LogP contribution in [0.1, 0.15) is 20.3 Å². The van der Waals surface area contributed by atoms with Crippen molar-refractivity contribution in [1.29, 1.82) is 0 Å². The van der Waals surface area contributed by atoms with Gasteiger partial charge in [-0.2, -0.15) is 0 Å². The molecule has 0 aromatic carbocycles. The second-order valence-corrected chi connectivity index (χ2v) is 4.04. The Balaban J connectivity index is 1.91. The summed E-state index contributed by atoms with van der Waals surface area (Å²) >= 11 is 0. The van der Waals surface area contributed by atoms with Crippen LogP contribution in [0.2, 0.25) is 0 Å². The van der Waals surface area contributed by atoms with Crippen LogP contribution < -0.4 is 0 Å². The zero-order chi connectivity index (χ0) is 9.26. The van der Waals surface area contributed by atoms with Crippen molar-refractivity contribution in [3.05, 3.63) is 0 Å². The van der Waals surface area contributed by atoms with Crippen molar-refractivity contribution in [1.82, 2.24) is 4.90 Å². The Labute approximate surface area is 80.0 Å². The molecule has 3 nitrogen and oxygen atoms in total. The summed E-state index contributed by atoms with van der Waals surface area (Å²) in [6, 6.07) is 0. The van der Waals surface area contributed by atoms with E-state index in [1.807, 2.05) is 0 Å². The standard InChI is InChI=1S/C10H19NO2/c1-3-11-5-4-9-10(6-11)13-8(2)7-12-9/h8-10H,3-7H2,1-2H3. The van der Waals surface area contributed by atoms with Gasteiger partial charge in [-0.05, 0) is 19.9 Å². The third kappa shape index (κ3) is 2.03. The van der Waals surface area contributed by atoms with Crippen molar-refractivity contribution < 1.29 is 9.47 Å². The van der Waals surface area contributed by atoms with Crippen LogP contribution in [-0.4, -0.2) is 49.5 Å². The fraction of sp³-hybridized carbons (Fsp3) is 1.00. The first-order valence-electron chi connectivity index (χ1n) is 5.29. The number of rotatable bonds is 1. The molecular weight excluding hydrogens is 166 g/mol. The number of fused-ring (bicyclic) bond motifs is 1. The zero-order valence-corrected chi connectivity index (χ0v) is 8.53. The Kier molecular flexibility index (Phi) is 2.86. The molecule has 0 amide bonds. The minimum atomic E-state index is 0.276. The number of ether oxygens (including phenoxy) is 2. The van der Waals surface area contributed by atoms with Gasteiger partial charge >= 0.3 is 0 Å². The highest BCUT2D eigenvalue weighted by molar-refractivity contribution is 4.84. The Morgan fingerprint density at radius 2 is 2.23 bits per heavy atom. The number of likely N-dealkylation sites (tertiary alicyclic amines) is 1. The van der Waals surface area contributed by atoms with E-state index in [4.69, 9.17) is 9.47 Å². The van der Waals surface area contributed by atoms with Gasteiger partial charge in [-0.1, -0.05) is 6.92 Å². The smallest absolute Gasteiger partial charge is 0.0968 e. The largest absolute Gasteiger partial charge is 0.373 e. The molecule has 13 heavy (non-hydrogen) atoms. The lowest BCUT2D eigenvalue weighted by atomic mass is 10.0. The molecule has 3 unspecified atom stereocenters. The van der Waals surface area contributed by atoms with Crippen LogP contribution in [0, 0.1) is 0 Å². The van der Waals surface area contributed by atoms with Crippen LogP contribution >= 0.6 is 0 Å². The molecule has 0 aromatic heterocycles. The van der Waals surface area contributed by atoms with E-state index in [-0.39, 0.29) is 6.10 Å². The van der Waals surface area contributed by atoms with Gasteiger partial charge < -0.3 is 14.4 Å². The van der Waals surface area contributed by atoms with Gasteiger partial charge in [-0.3, -0.25) is 0 Å². The van der Waals surface area contributed by atoms with Crippen LogP contribution in [0.25, 0.3) is 0 Å². The highest BCUT2D eigenvalue weighted by Gasteiger charge is 2.34. The van der Waals surface area contributed by atoms with Crippen LogP contribution in [-0.2, 0) is 9.47 Å². The maximum absolute atomic E-state index is 5.86. The minimum absolute atomic E-state index is 0.276. The molecule has 0 spiro atoms. The van der Waals surface area contributed by atoms with E-state index < -0.39 is 0 Å². The second-order valence-electron chi connectivity index (χ2n) is 4.04. The summed E-state index contributed by atoms with van der Waals surface area (Å²) < 4.78 is 11.6. The van der Waals surface area contributed by atoms with Crippen molar-refractivity contribution in [3.8, 4) is 0 Å². The molecule has 3 atom stereocenters. The van der Waals surface area contributed by atoms with Crippen molar-refractivity contribution >= 4 is 0 Å². The highest BCUT2D eigenvalue weighted by atomic mass is 16.6. The van der Waals surface area contributed by atoms with E-state index >= 15 is 0 Å². The quantitative estimate of drug-likeness (QED) is 0.605. The Morgan fingerprint density at radius 1 is 1.38 bits per heavy atom. The van der Waals surface area contributed by atoms with Crippen LogP contribution in [0.5, 0.6) is 0 Å². The molecule has 2 saturated heterocycles. The number of hydrogen-bond acceptors (Lipinski definition) is 3.